The van der Waals surface area contributed by atoms with E-state index in [1.54, 1.807) is 0 Å². The van der Waals surface area contributed by atoms with Gasteiger partial charge in [-0.3, -0.25) is 0 Å². The predicted octanol–water partition coefficient (Wildman–Crippen LogP) is 1.74. The van der Waals surface area contributed by atoms with Gasteiger partial charge < -0.3 is 8.35 Å². The van der Waals surface area contributed by atoms with Crippen LogP contribution in [0.15, 0.2) is 0 Å². The van der Waals surface area contributed by atoms with Crippen LogP contribution in [0.1, 0.15) is 72.6 Å². The molecule has 0 amide bonds. The van der Waals surface area contributed by atoms with Crippen LogP contribution in [0.5, 0.6) is 0 Å². The van der Waals surface area contributed by atoms with Gasteiger partial charge in [-0.25, -0.2) is 0 Å². The third kappa shape index (κ3) is 25.6. The summed E-state index contributed by atoms with van der Waals surface area (Å²) in [5.74, 6) is 0. The van der Waals surface area contributed by atoms with Crippen molar-refractivity contribution < 1.29 is 52.8 Å². The fourth-order valence-corrected chi connectivity index (χ4v) is 1.49. The Labute approximate surface area is 130 Å². The fraction of sp³-hybridized carbons (Fsp3) is 0.917. The Morgan fingerprint density at radius 1 is 0.867 bits per heavy atom. The topological polar surface area (TPSA) is 17.1 Å². The Morgan fingerprint density at radius 2 is 1.20 bits per heavy atom. The van der Waals surface area contributed by atoms with E-state index in [-0.39, 0.29) is 49.2 Å². The van der Waals surface area contributed by atoms with Gasteiger partial charge in [0, 0.05) is 0 Å². The van der Waals surface area contributed by atoms with E-state index in [9.17, 15) is 0 Å². The van der Waals surface area contributed by atoms with Crippen LogP contribution in [0.3, 0.4) is 0 Å². The van der Waals surface area contributed by atoms with Gasteiger partial charge in [-0.05, 0) is 0 Å². The average Bonchev–Trinajstić information content (AvgIpc) is 2.25. The monoisotopic (exact) mass is 273 g/mol. The first-order valence-electron chi connectivity index (χ1n) is 6.00. The van der Waals surface area contributed by atoms with E-state index < -0.39 is 0 Å². The summed E-state index contributed by atoms with van der Waals surface area (Å²) in [7, 11) is 0. The van der Waals surface area contributed by atoms with Crippen molar-refractivity contribution in [1.82, 2.24) is 0 Å². The standard InChI is InChI=1S/C12H25.Na.O.Zn.H/c1-3-5-7-9-11-12-10-8-6-4-2;;;;/h1,3-12H2,2H3;;;;/q-1;+1;;;-1. The third-order valence-electron chi connectivity index (χ3n) is 2.35. The van der Waals surface area contributed by atoms with Crippen molar-refractivity contribution in [3.8, 4) is 0 Å². The zero-order valence-corrected chi connectivity index (χ0v) is 15.9. The van der Waals surface area contributed by atoms with E-state index in [0.29, 0.717) is 0 Å². The van der Waals surface area contributed by atoms with Crippen LogP contribution in [0.4, 0.5) is 0 Å². The molecule has 15 heavy (non-hydrogen) atoms. The second kappa shape index (κ2) is 24.6. The molecular formula is C12H26NaOZn-. The second-order valence-corrected chi connectivity index (χ2v) is 3.68. The summed E-state index contributed by atoms with van der Waals surface area (Å²) in [5, 5.41) is 0. The predicted molar refractivity (Wildman–Crippen MR) is 59.0 cm³/mol. The maximum atomic E-state index is 8.38. The molecule has 0 aliphatic carbocycles. The second-order valence-electron chi connectivity index (χ2n) is 3.68. The minimum atomic E-state index is 0. The summed E-state index contributed by atoms with van der Waals surface area (Å²) in [5.41, 5.74) is 0. The molecule has 1 nitrogen and oxygen atoms in total. The van der Waals surface area contributed by atoms with E-state index >= 15 is 0 Å². The van der Waals surface area contributed by atoms with Crippen molar-refractivity contribution in [1.29, 1.82) is 0 Å². The average molecular weight is 275 g/mol. The normalized spacial score (nSPS) is 8.80. The zero-order valence-electron chi connectivity index (χ0n) is 11.9. The van der Waals surface area contributed by atoms with Gasteiger partial charge in [0.25, 0.3) is 0 Å². The molecule has 0 unspecified atom stereocenters. The van der Waals surface area contributed by atoms with Crippen molar-refractivity contribution in [2.45, 2.75) is 71.1 Å². The number of rotatable bonds is 9. The molecule has 0 rings (SSSR count). The van der Waals surface area contributed by atoms with Crippen LogP contribution in [0, 0.1) is 6.92 Å². The van der Waals surface area contributed by atoms with Gasteiger partial charge in [-0.15, -0.1) is 0 Å². The summed E-state index contributed by atoms with van der Waals surface area (Å²) in [4.78, 5) is 0. The first-order valence-corrected chi connectivity index (χ1v) is 7.21. The summed E-state index contributed by atoms with van der Waals surface area (Å²) in [6, 6.07) is 0. The maximum absolute atomic E-state index is 8.38. The molecule has 0 aliphatic rings. The third-order valence-corrected chi connectivity index (χ3v) is 2.35. The van der Waals surface area contributed by atoms with Gasteiger partial charge in [-0.1, -0.05) is 64.7 Å². The Bertz CT molecular complexity index is 87.1. The van der Waals surface area contributed by atoms with E-state index in [1.165, 1.54) is 57.8 Å². The van der Waals surface area contributed by atoms with Crippen LogP contribution in [0.25, 0.3) is 0 Å². The molecule has 3 heteroatoms. The summed E-state index contributed by atoms with van der Waals surface area (Å²) in [6.45, 7) is 6.12. The van der Waals surface area contributed by atoms with Crippen LogP contribution in [-0.4, -0.2) is 0 Å². The van der Waals surface area contributed by atoms with Gasteiger partial charge >= 0.3 is 51.4 Å². The molecular weight excluding hydrogens is 249 g/mol. The Morgan fingerprint density at radius 3 is 1.53 bits per heavy atom. The molecule has 0 N–H and O–H groups in total. The molecule has 0 aromatic rings. The van der Waals surface area contributed by atoms with Crippen molar-refractivity contribution >= 4 is 0 Å². The molecule has 0 aliphatic heterocycles. The summed E-state index contributed by atoms with van der Waals surface area (Å²) < 4.78 is 8.38. The molecule has 0 saturated heterocycles. The SMILES string of the molecule is [CH2-]CCCCCCCCCCC.[H-].[Na+].[O]=[Zn]. The quantitative estimate of drug-likeness (QED) is 0.356. The van der Waals surface area contributed by atoms with Crippen LogP contribution < -0.4 is 29.6 Å². The first-order chi connectivity index (χ1) is 6.91. The zero-order chi connectivity index (χ0) is 11.1. The van der Waals surface area contributed by atoms with Crippen molar-refractivity contribution in [2.24, 2.45) is 0 Å². The number of hydrogen-bond acceptors (Lipinski definition) is 1. The van der Waals surface area contributed by atoms with Gasteiger partial charge in [0.05, 0.1) is 0 Å². The van der Waals surface area contributed by atoms with Gasteiger partial charge in [0.15, 0.2) is 0 Å². The molecule has 0 aromatic heterocycles. The summed E-state index contributed by atoms with van der Waals surface area (Å²) in [6.07, 6.45) is 13.9. The molecule has 84 valence electrons. The van der Waals surface area contributed by atoms with Crippen LogP contribution in [0.2, 0.25) is 0 Å². The molecule has 0 atom stereocenters. The van der Waals surface area contributed by atoms with Crippen LogP contribution in [-0.2, 0) is 21.8 Å². The van der Waals surface area contributed by atoms with Gasteiger partial charge in [0.2, 0.25) is 0 Å². The van der Waals surface area contributed by atoms with Crippen molar-refractivity contribution in [2.75, 3.05) is 0 Å². The van der Waals surface area contributed by atoms with Crippen LogP contribution >= 0.6 is 0 Å². The fourth-order valence-electron chi connectivity index (χ4n) is 1.49. The van der Waals surface area contributed by atoms with Gasteiger partial charge in [0.1, 0.15) is 0 Å². The molecule has 0 spiro atoms. The van der Waals surface area contributed by atoms with E-state index in [2.05, 4.69) is 13.8 Å². The molecule has 0 fully saturated rings. The van der Waals surface area contributed by atoms with Crippen molar-refractivity contribution in [3.63, 3.8) is 0 Å². The number of unbranched alkanes of at least 4 members (excludes halogenated alkanes) is 9. The molecule has 0 bridgehead atoms. The molecule has 0 saturated carbocycles. The van der Waals surface area contributed by atoms with Gasteiger partial charge in [-0.2, -0.15) is 6.42 Å². The molecule has 0 aromatic carbocycles. The Hall–Kier alpha value is 1.42. The van der Waals surface area contributed by atoms with E-state index in [1.807, 2.05) is 0 Å². The Kier molecular flexibility index (Phi) is 35.5. The minimum absolute atomic E-state index is 0. The molecule has 0 radical (unpaired) electrons. The van der Waals surface area contributed by atoms with E-state index in [4.69, 9.17) is 3.57 Å². The first kappa shape index (κ1) is 21.7. The van der Waals surface area contributed by atoms with E-state index in [0.717, 1.165) is 6.42 Å². The van der Waals surface area contributed by atoms with Crippen molar-refractivity contribution in [3.05, 3.63) is 6.92 Å². The Balaban J connectivity index is -0.000000169. The molecule has 0 heterocycles. The number of hydrogen-bond donors (Lipinski definition) is 0. The summed E-state index contributed by atoms with van der Waals surface area (Å²) >= 11 is 0.125.